The SMILES string of the molecule is CN(C1CCNCC1)S(=O)(=O)c1ccc(CC(=O)O)cc1. The Kier molecular flexibility index (Phi) is 4.97. The lowest BCUT2D eigenvalue weighted by Gasteiger charge is -2.30. The van der Waals surface area contributed by atoms with Crippen molar-refractivity contribution in [2.24, 2.45) is 0 Å². The van der Waals surface area contributed by atoms with E-state index >= 15 is 0 Å². The number of nitrogens with zero attached hydrogens (tertiary/aromatic N) is 1. The van der Waals surface area contributed by atoms with Crippen molar-refractivity contribution in [2.75, 3.05) is 20.1 Å². The standard InChI is InChI=1S/C14H20N2O4S/c1-16(12-6-8-15-9-7-12)21(19,20)13-4-2-11(3-5-13)10-14(17)18/h2-5,12,15H,6-10H2,1H3,(H,17,18). The predicted molar refractivity (Wildman–Crippen MR) is 78.6 cm³/mol. The van der Waals surface area contributed by atoms with E-state index in [0.717, 1.165) is 25.9 Å². The Hall–Kier alpha value is -1.44. The van der Waals surface area contributed by atoms with Crippen molar-refractivity contribution in [1.82, 2.24) is 9.62 Å². The minimum absolute atomic E-state index is 0.00921. The van der Waals surface area contributed by atoms with Gasteiger partial charge in [-0.05, 0) is 43.6 Å². The second kappa shape index (κ2) is 6.55. The number of hydrogen-bond acceptors (Lipinski definition) is 4. The molecule has 1 aromatic rings. The minimum Gasteiger partial charge on any atom is -0.481 e. The Morgan fingerprint density at radius 1 is 1.29 bits per heavy atom. The van der Waals surface area contributed by atoms with Crippen molar-refractivity contribution in [1.29, 1.82) is 0 Å². The highest BCUT2D eigenvalue weighted by Gasteiger charge is 2.28. The molecule has 0 aromatic heterocycles. The maximum absolute atomic E-state index is 12.6. The Labute approximate surface area is 124 Å². The molecule has 1 heterocycles. The van der Waals surface area contributed by atoms with Crippen molar-refractivity contribution >= 4 is 16.0 Å². The highest BCUT2D eigenvalue weighted by atomic mass is 32.2. The van der Waals surface area contributed by atoms with E-state index < -0.39 is 16.0 Å². The van der Waals surface area contributed by atoms with Crippen LogP contribution in [-0.2, 0) is 21.2 Å². The monoisotopic (exact) mass is 312 g/mol. The number of carboxylic acids is 1. The number of nitrogens with one attached hydrogen (secondary N) is 1. The lowest BCUT2D eigenvalue weighted by Crippen LogP contribution is -2.43. The molecule has 2 rings (SSSR count). The minimum atomic E-state index is -3.53. The van der Waals surface area contributed by atoms with Crippen LogP contribution in [0.3, 0.4) is 0 Å². The summed E-state index contributed by atoms with van der Waals surface area (Å²) in [5.74, 6) is -0.933. The van der Waals surface area contributed by atoms with Crippen LogP contribution >= 0.6 is 0 Å². The van der Waals surface area contributed by atoms with Crippen LogP contribution in [0.25, 0.3) is 0 Å². The number of rotatable bonds is 5. The van der Waals surface area contributed by atoms with E-state index in [0.29, 0.717) is 5.56 Å². The molecule has 0 spiro atoms. The summed E-state index contributed by atoms with van der Waals surface area (Å²) in [5, 5.41) is 11.9. The number of aliphatic carboxylic acids is 1. The third-order valence-corrected chi connectivity index (χ3v) is 5.70. The lowest BCUT2D eigenvalue weighted by atomic mass is 10.1. The van der Waals surface area contributed by atoms with E-state index in [4.69, 9.17) is 5.11 Å². The van der Waals surface area contributed by atoms with E-state index in [2.05, 4.69) is 5.32 Å². The highest BCUT2D eigenvalue weighted by molar-refractivity contribution is 7.89. The van der Waals surface area contributed by atoms with E-state index in [1.54, 1.807) is 19.2 Å². The Balaban J connectivity index is 2.16. The van der Waals surface area contributed by atoms with Gasteiger partial charge in [0.25, 0.3) is 0 Å². The molecule has 1 aliphatic rings. The summed E-state index contributed by atoms with van der Waals surface area (Å²) in [6, 6.07) is 6.07. The van der Waals surface area contributed by atoms with Gasteiger partial charge in [0.05, 0.1) is 11.3 Å². The number of carboxylic acid groups (broad SMARTS) is 1. The summed E-state index contributed by atoms with van der Waals surface area (Å²) in [6.07, 6.45) is 1.49. The number of carbonyl (C=O) groups is 1. The van der Waals surface area contributed by atoms with Gasteiger partial charge in [0.1, 0.15) is 0 Å². The van der Waals surface area contributed by atoms with Crippen LogP contribution < -0.4 is 5.32 Å². The third-order valence-electron chi connectivity index (χ3n) is 3.78. The second-order valence-corrected chi connectivity index (χ2v) is 7.21. The zero-order valence-corrected chi connectivity index (χ0v) is 12.8. The van der Waals surface area contributed by atoms with Gasteiger partial charge in [-0.25, -0.2) is 8.42 Å². The molecule has 6 nitrogen and oxygen atoms in total. The van der Waals surface area contributed by atoms with E-state index in [1.165, 1.54) is 16.4 Å². The first-order valence-corrected chi connectivity index (χ1v) is 8.35. The quantitative estimate of drug-likeness (QED) is 0.835. The zero-order chi connectivity index (χ0) is 15.5. The molecule has 2 N–H and O–H groups in total. The molecular weight excluding hydrogens is 292 g/mol. The van der Waals surface area contributed by atoms with E-state index in [9.17, 15) is 13.2 Å². The van der Waals surface area contributed by atoms with E-state index in [1.807, 2.05) is 0 Å². The summed E-state index contributed by atoms with van der Waals surface area (Å²) < 4.78 is 26.5. The number of benzene rings is 1. The fraction of sp³-hybridized carbons (Fsp3) is 0.500. The number of sulfonamides is 1. The number of piperidine rings is 1. The summed E-state index contributed by atoms with van der Waals surface area (Å²) in [4.78, 5) is 10.8. The highest BCUT2D eigenvalue weighted by Crippen LogP contribution is 2.21. The smallest absolute Gasteiger partial charge is 0.307 e. The fourth-order valence-electron chi connectivity index (χ4n) is 2.49. The van der Waals surface area contributed by atoms with Gasteiger partial charge in [-0.1, -0.05) is 12.1 Å². The predicted octanol–water partition coefficient (Wildman–Crippen LogP) is 0.686. The molecule has 0 atom stereocenters. The molecule has 0 aliphatic carbocycles. The van der Waals surface area contributed by atoms with Crippen molar-refractivity contribution in [3.05, 3.63) is 29.8 Å². The Bertz CT molecular complexity index is 592. The Morgan fingerprint density at radius 2 is 1.86 bits per heavy atom. The molecule has 1 fully saturated rings. The molecule has 1 aromatic carbocycles. The lowest BCUT2D eigenvalue weighted by molar-refractivity contribution is -0.136. The maximum atomic E-state index is 12.6. The van der Waals surface area contributed by atoms with Crippen molar-refractivity contribution in [2.45, 2.75) is 30.2 Å². The first-order chi connectivity index (χ1) is 9.91. The van der Waals surface area contributed by atoms with Gasteiger partial charge >= 0.3 is 5.97 Å². The van der Waals surface area contributed by atoms with Crippen LogP contribution in [0.15, 0.2) is 29.2 Å². The first-order valence-electron chi connectivity index (χ1n) is 6.91. The van der Waals surface area contributed by atoms with Crippen LogP contribution in [0.2, 0.25) is 0 Å². The normalized spacial score (nSPS) is 17.0. The molecule has 0 amide bonds. The van der Waals surface area contributed by atoms with Gasteiger partial charge in [-0.3, -0.25) is 4.79 Å². The topological polar surface area (TPSA) is 86.7 Å². The van der Waals surface area contributed by atoms with Crippen molar-refractivity contribution in [3.8, 4) is 0 Å². The summed E-state index contributed by atoms with van der Waals surface area (Å²) in [6.45, 7) is 1.64. The zero-order valence-electron chi connectivity index (χ0n) is 11.9. The average Bonchev–Trinajstić information content (AvgIpc) is 2.47. The Morgan fingerprint density at radius 3 is 2.38 bits per heavy atom. The molecular formula is C14H20N2O4S. The van der Waals surface area contributed by atoms with Gasteiger partial charge < -0.3 is 10.4 Å². The molecule has 7 heteroatoms. The molecule has 0 saturated carbocycles. The molecule has 21 heavy (non-hydrogen) atoms. The number of hydrogen-bond donors (Lipinski definition) is 2. The fourth-order valence-corrected chi connectivity index (χ4v) is 3.90. The van der Waals surface area contributed by atoms with Gasteiger partial charge in [-0.2, -0.15) is 4.31 Å². The van der Waals surface area contributed by atoms with E-state index in [-0.39, 0.29) is 17.4 Å². The van der Waals surface area contributed by atoms with Gasteiger partial charge in [-0.15, -0.1) is 0 Å². The summed E-state index contributed by atoms with van der Waals surface area (Å²) >= 11 is 0. The maximum Gasteiger partial charge on any atom is 0.307 e. The summed E-state index contributed by atoms with van der Waals surface area (Å²) in [7, 11) is -1.92. The van der Waals surface area contributed by atoms with Crippen LogP contribution in [0.1, 0.15) is 18.4 Å². The molecule has 1 saturated heterocycles. The van der Waals surface area contributed by atoms with Crippen LogP contribution in [-0.4, -0.2) is 50.0 Å². The molecule has 116 valence electrons. The average molecular weight is 312 g/mol. The van der Waals surface area contributed by atoms with Crippen LogP contribution in [0, 0.1) is 0 Å². The third kappa shape index (κ3) is 3.81. The van der Waals surface area contributed by atoms with Gasteiger partial charge in [0, 0.05) is 13.1 Å². The molecule has 0 bridgehead atoms. The van der Waals surface area contributed by atoms with Crippen molar-refractivity contribution in [3.63, 3.8) is 0 Å². The summed E-state index contributed by atoms with van der Waals surface area (Å²) in [5.41, 5.74) is 0.589. The van der Waals surface area contributed by atoms with Gasteiger partial charge in [0.15, 0.2) is 0 Å². The van der Waals surface area contributed by atoms with Crippen molar-refractivity contribution < 1.29 is 18.3 Å². The molecule has 0 radical (unpaired) electrons. The molecule has 1 aliphatic heterocycles. The largest absolute Gasteiger partial charge is 0.481 e. The molecule has 0 unspecified atom stereocenters. The second-order valence-electron chi connectivity index (χ2n) is 5.22. The van der Waals surface area contributed by atoms with Crippen LogP contribution in [0.5, 0.6) is 0 Å². The van der Waals surface area contributed by atoms with Gasteiger partial charge in [0.2, 0.25) is 10.0 Å². The first kappa shape index (κ1) is 15.9. The van der Waals surface area contributed by atoms with Crippen LogP contribution in [0.4, 0.5) is 0 Å².